The first-order valence-corrected chi connectivity index (χ1v) is 7.60. The van der Waals surface area contributed by atoms with Gasteiger partial charge in [-0.3, -0.25) is 9.89 Å². The van der Waals surface area contributed by atoms with Crippen LogP contribution in [0, 0.1) is 11.3 Å². The quantitative estimate of drug-likeness (QED) is 0.823. The smallest absolute Gasteiger partial charge is 0.247 e. The molecule has 4 rings (SSSR count). The Bertz CT molecular complexity index is 952. The summed E-state index contributed by atoms with van der Waals surface area (Å²) in [6.45, 7) is 1.95. The lowest BCUT2D eigenvalue weighted by Crippen LogP contribution is -2.45. The highest BCUT2D eigenvalue weighted by atomic mass is 16.5. The van der Waals surface area contributed by atoms with Crippen molar-refractivity contribution in [1.29, 1.82) is 5.26 Å². The number of fused-ring (bicyclic) bond motifs is 4. The number of aromatic amines is 1. The minimum Gasteiger partial charge on any atom is -0.420 e. The summed E-state index contributed by atoms with van der Waals surface area (Å²) in [5.41, 5.74) is 7.58. The summed E-state index contributed by atoms with van der Waals surface area (Å²) in [7, 11) is 1.70. The van der Waals surface area contributed by atoms with Crippen molar-refractivity contribution in [2.24, 2.45) is 5.73 Å². The first kappa shape index (κ1) is 14.3. The molecular formula is C17H15N5O2. The maximum atomic E-state index is 13.4. The van der Waals surface area contributed by atoms with E-state index in [0.717, 1.165) is 16.9 Å². The Morgan fingerprint density at radius 3 is 2.92 bits per heavy atom. The van der Waals surface area contributed by atoms with Crippen LogP contribution in [0.25, 0.3) is 0 Å². The third-order valence-electron chi connectivity index (χ3n) is 4.77. The van der Waals surface area contributed by atoms with Gasteiger partial charge in [0.1, 0.15) is 17.1 Å². The third kappa shape index (κ3) is 1.41. The summed E-state index contributed by atoms with van der Waals surface area (Å²) in [5.74, 6) is -0.0664. The molecule has 1 unspecified atom stereocenters. The summed E-state index contributed by atoms with van der Waals surface area (Å²) in [4.78, 5) is 14.9. The van der Waals surface area contributed by atoms with Crippen molar-refractivity contribution in [2.75, 3.05) is 11.9 Å². The van der Waals surface area contributed by atoms with Crippen LogP contribution in [-0.2, 0) is 16.6 Å². The number of benzene rings is 1. The highest BCUT2D eigenvalue weighted by molar-refractivity contribution is 6.14. The molecule has 2 aromatic rings. The maximum absolute atomic E-state index is 13.4. The summed E-state index contributed by atoms with van der Waals surface area (Å²) in [6.07, 6.45) is 0.616. The van der Waals surface area contributed by atoms with E-state index < -0.39 is 5.41 Å². The maximum Gasteiger partial charge on any atom is 0.247 e. The minimum absolute atomic E-state index is 0.0855. The number of carbonyl (C=O) groups is 1. The van der Waals surface area contributed by atoms with Gasteiger partial charge in [-0.15, -0.1) is 5.10 Å². The van der Waals surface area contributed by atoms with Crippen molar-refractivity contribution < 1.29 is 9.53 Å². The predicted octanol–water partition coefficient (Wildman–Crippen LogP) is 1.32. The normalized spacial score (nSPS) is 21.5. The molecule has 24 heavy (non-hydrogen) atoms. The highest BCUT2D eigenvalue weighted by Gasteiger charge is 2.60. The Morgan fingerprint density at radius 1 is 1.46 bits per heavy atom. The van der Waals surface area contributed by atoms with Crippen molar-refractivity contribution in [3.05, 3.63) is 52.5 Å². The fraction of sp³-hybridized carbons (Fsp3) is 0.235. The van der Waals surface area contributed by atoms with Gasteiger partial charge in [0, 0.05) is 24.0 Å². The van der Waals surface area contributed by atoms with E-state index >= 15 is 0 Å². The Labute approximate surface area is 138 Å². The van der Waals surface area contributed by atoms with Crippen LogP contribution in [0.3, 0.4) is 0 Å². The number of H-pyrrole nitrogens is 1. The molecule has 3 heterocycles. The molecule has 0 saturated heterocycles. The molecule has 1 aromatic heterocycles. The fourth-order valence-corrected chi connectivity index (χ4v) is 3.72. The number of anilines is 1. The lowest BCUT2D eigenvalue weighted by Gasteiger charge is -2.32. The number of nitrogens with two attached hydrogens (primary N) is 1. The molecule has 120 valence electrons. The van der Waals surface area contributed by atoms with Gasteiger partial charge in [0.05, 0.1) is 5.56 Å². The zero-order valence-corrected chi connectivity index (χ0v) is 13.3. The van der Waals surface area contributed by atoms with E-state index in [0.29, 0.717) is 12.0 Å². The lowest BCUT2D eigenvalue weighted by atomic mass is 9.69. The zero-order valence-electron chi connectivity index (χ0n) is 13.3. The van der Waals surface area contributed by atoms with E-state index in [4.69, 9.17) is 10.5 Å². The van der Waals surface area contributed by atoms with Gasteiger partial charge in [0.25, 0.3) is 0 Å². The number of hydrogen-bond donors (Lipinski definition) is 2. The molecule has 1 amide bonds. The Balaban J connectivity index is 2.19. The number of hydrogen-bond acceptors (Lipinski definition) is 5. The highest BCUT2D eigenvalue weighted by Crippen LogP contribution is 2.55. The molecule has 0 radical (unpaired) electrons. The molecule has 0 bridgehead atoms. The standard InChI is InChI=1S/C17H15N5O2/c1-3-11-13-15(21-20-11)24-14(19)10(8-18)17(13)9-6-4-5-7-12(9)22(2)16(17)23/h4-7H,3,19H2,1-2H3,(H,20,21). The Kier molecular flexibility index (Phi) is 2.76. The predicted molar refractivity (Wildman–Crippen MR) is 86.1 cm³/mol. The van der Waals surface area contributed by atoms with Crippen LogP contribution >= 0.6 is 0 Å². The van der Waals surface area contributed by atoms with Gasteiger partial charge in [-0.1, -0.05) is 25.1 Å². The van der Waals surface area contributed by atoms with Crippen LogP contribution in [0.5, 0.6) is 5.88 Å². The number of ether oxygens (including phenoxy) is 1. The minimum atomic E-state index is -1.31. The first-order valence-electron chi connectivity index (χ1n) is 7.60. The van der Waals surface area contributed by atoms with Crippen molar-refractivity contribution in [1.82, 2.24) is 10.2 Å². The van der Waals surface area contributed by atoms with Crippen LogP contribution in [0.15, 0.2) is 35.7 Å². The molecule has 2 aliphatic rings. The van der Waals surface area contributed by atoms with Crippen molar-refractivity contribution in [3.63, 3.8) is 0 Å². The molecule has 7 heteroatoms. The first-order chi connectivity index (χ1) is 11.6. The van der Waals surface area contributed by atoms with Crippen molar-refractivity contribution in [3.8, 4) is 11.9 Å². The summed E-state index contributed by atoms with van der Waals surface area (Å²) >= 11 is 0. The van der Waals surface area contributed by atoms with Gasteiger partial charge < -0.3 is 15.4 Å². The molecule has 1 spiro atoms. The van der Waals surface area contributed by atoms with Crippen LogP contribution in [0.1, 0.15) is 23.7 Å². The summed E-state index contributed by atoms with van der Waals surface area (Å²) in [5, 5.41) is 16.8. The molecule has 0 fully saturated rings. The van der Waals surface area contributed by atoms with E-state index in [9.17, 15) is 10.1 Å². The number of carbonyl (C=O) groups excluding carboxylic acids is 1. The second-order valence-electron chi connectivity index (χ2n) is 5.82. The number of rotatable bonds is 1. The van der Waals surface area contributed by atoms with Crippen LogP contribution < -0.4 is 15.4 Å². The van der Waals surface area contributed by atoms with Crippen molar-refractivity contribution >= 4 is 11.6 Å². The largest absolute Gasteiger partial charge is 0.420 e. The van der Waals surface area contributed by atoms with Gasteiger partial charge >= 0.3 is 0 Å². The average molecular weight is 321 g/mol. The van der Waals surface area contributed by atoms with E-state index in [1.807, 2.05) is 31.2 Å². The number of aromatic nitrogens is 2. The summed E-state index contributed by atoms with van der Waals surface area (Å²) < 4.78 is 5.52. The van der Waals surface area contributed by atoms with Crippen LogP contribution in [0.2, 0.25) is 0 Å². The molecule has 0 saturated carbocycles. The monoisotopic (exact) mass is 321 g/mol. The molecule has 3 N–H and O–H groups in total. The van der Waals surface area contributed by atoms with E-state index in [2.05, 4.69) is 16.3 Å². The SMILES string of the molecule is CCc1[nH]nc2c1C1(C(=O)N(C)c3ccccc31)C(C#N)=C(N)O2. The fourth-order valence-electron chi connectivity index (χ4n) is 3.72. The number of nitriles is 1. The molecule has 7 nitrogen and oxygen atoms in total. The number of amides is 1. The van der Waals surface area contributed by atoms with Gasteiger partial charge in [-0.25, -0.2) is 0 Å². The van der Waals surface area contributed by atoms with Crippen molar-refractivity contribution in [2.45, 2.75) is 18.8 Å². The molecule has 1 atom stereocenters. The molecular weight excluding hydrogens is 306 g/mol. The van der Waals surface area contributed by atoms with Crippen LogP contribution in [-0.4, -0.2) is 23.2 Å². The molecule has 2 aliphatic heterocycles. The average Bonchev–Trinajstić information content (AvgIpc) is 3.10. The second kappa shape index (κ2) is 4.61. The topological polar surface area (TPSA) is 108 Å². The van der Waals surface area contributed by atoms with Gasteiger partial charge in [0.2, 0.25) is 17.7 Å². The Morgan fingerprint density at radius 2 is 2.21 bits per heavy atom. The zero-order chi connectivity index (χ0) is 17.1. The van der Waals surface area contributed by atoms with E-state index in [-0.39, 0.29) is 23.2 Å². The number of aryl methyl sites for hydroxylation is 1. The van der Waals surface area contributed by atoms with Gasteiger partial charge in [-0.05, 0) is 12.5 Å². The van der Waals surface area contributed by atoms with E-state index in [1.54, 1.807) is 11.9 Å². The number of nitrogens with zero attached hydrogens (tertiary/aromatic N) is 3. The van der Waals surface area contributed by atoms with E-state index in [1.165, 1.54) is 0 Å². The third-order valence-corrected chi connectivity index (χ3v) is 4.77. The molecule has 0 aliphatic carbocycles. The van der Waals surface area contributed by atoms with Gasteiger partial charge in [-0.2, -0.15) is 5.26 Å². The van der Waals surface area contributed by atoms with Gasteiger partial charge in [0.15, 0.2) is 0 Å². The number of likely N-dealkylation sites (N-methyl/N-ethyl adjacent to an activating group) is 1. The second-order valence-corrected chi connectivity index (χ2v) is 5.82. The number of nitrogens with one attached hydrogen (secondary N) is 1. The number of para-hydroxylation sites is 1. The Hall–Kier alpha value is -3.27. The lowest BCUT2D eigenvalue weighted by molar-refractivity contribution is -0.120. The van der Waals surface area contributed by atoms with Crippen LogP contribution in [0.4, 0.5) is 5.69 Å². The summed E-state index contributed by atoms with van der Waals surface area (Å²) in [6, 6.07) is 9.51. The molecule has 1 aromatic carbocycles.